The fraction of sp³-hybridized carbons (Fsp3) is 0.486. The second-order valence-electron chi connectivity index (χ2n) is 10.7. The topological polar surface area (TPSA) is 65.7 Å². The van der Waals surface area contributed by atoms with Gasteiger partial charge in [-0.25, -0.2) is 9.59 Å². The number of carbonyl (C=O) groups is 1. The van der Waals surface area contributed by atoms with E-state index in [-0.39, 0.29) is 11.6 Å². The fourth-order valence-corrected chi connectivity index (χ4v) is 4.74. The summed E-state index contributed by atoms with van der Waals surface area (Å²) in [6.07, 6.45) is 15.0. The summed E-state index contributed by atoms with van der Waals surface area (Å²) in [6.45, 7) is 8.64. The number of aryl methyl sites for hydroxylation is 1. The highest BCUT2D eigenvalue weighted by molar-refractivity contribution is 5.86. The van der Waals surface area contributed by atoms with E-state index in [9.17, 15) is 9.59 Å². The van der Waals surface area contributed by atoms with Gasteiger partial charge in [-0.05, 0) is 68.0 Å². The Morgan fingerprint density at radius 3 is 2.10 bits per heavy atom. The summed E-state index contributed by atoms with van der Waals surface area (Å²) < 4.78 is 16.7. The van der Waals surface area contributed by atoms with Gasteiger partial charge >= 0.3 is 11.6 Å². The van der Waals surface area contributed by atoms with Crippen LogP contribution in [0.5, 0.6) is 5.75 Å². The summed E-state index contributed by atoms with van der Waals surface area (Å²) in [5.41, 5.74) is 3.48. The number of esters is 1. The van der Waals surface area contributed by atoms with E-state index < -0.39 is 0 Å². The zero-order valence-electron chi connectivity index (χ0n) is 24.5. The van der Waals surface area contributed by atoms with Crippen molar-refractivity contribution in [1.29, 1.82) is 0 Å². The average molecular weight is 547 g/mol. The van der Waals surface area contributed by atoms with Gasteiger partial charge < -0.3 is 13.9 Å². The third-order valence-corrected chi connectivity index (χ3v) is 7.18. The molecular weight excluding hydrogens is 500 g/mol. The van der Waals surface area contributed by atoms with Gasteiger partial charge in [0.25, 0.3) is 0 Å². The predicted octanol–water partition coefficient (Wildman–Crippen LogP) is 9.20. The van der Waals surface area contributed by atoms with E-state index in [1.54, 1.807) is 6.92 Å². The highest BCUT2D eigenvalue weighted by atomic mass is 16.5. The molecule has 0 N–H and O–H groups in total. The van der Waals surface area contributed by atoms with Crippen LogP contribution in [0.1, 0.15) is 96.5 Å². The summed E-state index contributed by atoms with van der Waals surface area (Å²) in [7, 11) is 0. The van der Waals surface area contributed by atoms with Crippen molar-refractivity contribution in [1.82, 2.24) is 0 Å². The van der Waals surface area contributed by atoms with E-state index in [1.165, 1.54) is 56.9 Å². The van der Waals surface area contributed by atoms with Crippen LogP contribution < -0.4 is 10.4 Å². The third kappa shape index (κ3) is 10.7. The number of fused-ring (bicyclic) bond motifs is 1. The smallest absolute Gasteiger partial charge is 0.344 e. The number of ether oxygens (including phenoxy) is 2. The van der Waals surface area contributed by atoms with Crippen LogP contribution in [0.3, 0.4) is 0 Å². The monoisotopic (exact) mass is 546 g/mol. The molecular formula is C35H46O5. The van der Waals surface area contributed by atoms with Crippen LogP contribution in [0.25, 0.3) is 22.1 Å². The van der Waals surface area contributed by atoms with Crippen molar-refractivity contribution in [3.05, 3.63) is 76.7 Å². The minimum atomic E-state index is -0.316. The molecule has 0 saturated carbocycles. The molecule has 216 valence electrons. The molecule has 0 aliphatic rings. The zero-order valence-corrected chi connectivity index (χ0v) is 24.5. The molecule has 40 heavy (non-hydrogen) atoms. The van der Waals surface area contributed by atoms with Gasteiger partial charge in [-0.3, -0.25) is 0 Å². The molecule has 0 atom stereocenters. The third-order valence-electron chi connectivity index (χ3n) is 7.18. The van der Waals surface area contributed by atoms with Crippen molar-refractivity contribution in [2.24, 2.45) is 0 Å². The molecule has 0 saturated heterocycles. The van der Waals surface area contributed by atoms with Gasteiger partial charge in [0.05, 0.1) is 18.8 Å². The van der Waals surface area contributed by atoms with Crippen molar-refractivity contribution in [2.75, 3.05) is 13.2 Å². The molecule has 2 aromatic carbocycles. The molecule has 0 fully saturated rings. The molecule has 0 bridgehead atoms. The van der Waals surface area contributed by atoms with Crippen molar-refractivity contribution < 1.29 is 18.7 Å². The van der Waals surface area contributed by atoms with Crippen LogP contribution >= 0.6 is 0 Å². The summed E-state index contributed by atoms with van der Waals surface area (Å²) in [5, 5.41) is 0.869. The van der Waals surface area contributed by atoms with Crippen molar-refractivity contribution >= 4 is 16.9 Å². The van der Waals surface area contributed by atoms with Crippen LogP contribution in [0.2, 0.25) is 0 Å². The minimum absolute atomic E-state index is 0.290. The first kappa shape index (κ1) is 31.2. The van der Waals surface area contributed by atoms with Crippen LogP contribution in [-0.4, -0.2) is 19.2 Å². The molecule has 0 radical (unpaired) electrons. The van der Waals surface area contributed by atoms with E-state index in [1.807, 2.05) is 36.4 Å². The SMILES string of the molecule is C=C(C)C(=O)OCCCCCCCCCCCOc1ccc2oc(=O)c(-c3ccc(CCCCC)cc3)cc2c1. The maximum Gasteiger partial charge on any atom is 0.344 e. The Hall–Kier alpha value is -3.34. The number of benzene rings is 2. The zero-order chi connectivity index (χ0) is 28.6. The largest absolute Gasteiger partial charge is 0.494 e. The van der Waals surface area contributed by atoms with E-state index in [0.717, 1.165) is 48.8 Å². The van der Waals surface area contributed by atoms with Crippen LogP contribution in [-0.2, 0) is 16.0 Å². The molecule has 3 aromatic rings. The average Bonchev–Trinajstić information content (AvgIpc) is 2.95. The Bertz CT molecular complexity index is 1260. The summed E-state index contributed by atoms with van der Waals surface area (Å²) in [6, 6.07) is 15.8. The Morgan fingerprint density at radius 1 is 0.800 bits per heavy atom. The molecule has 1 aromatic heterocycles. The highest BCUT2D eigenvalue weighted by Crippen LogP contribution is 2.25. The van der Waals surface area contributed by atoms with Crippen molar-refractivity contribution in [3.8, 4) is 16.9 Å². The van der Waals surface area contributed by atoms with Crippen molar-refractivity contribution in [2.45, 2.75) is 97.3 Å². The maximum absolute atomic E-state index is 12.6. The molecule has 0 aliphatic carbocycles. The van der Waals surface area contributed by atoms with Crippen LogP contribution in [0.4, 0.5) is 0 Å². The molecule has 0 amide bonds. The maximum atomic E-state index is 12.6. The van der Waals surface area contributed by atoms with Gasteiger partial charge in [0.15, 0.2) is 0 Å². The van der Waals surface area contributed by atoms with E-state index in [2.05, 4.69) is 25.6 Å². The summed E-state index contributed by atoms with van der Waals surface area (Å²) in [4.78, 5) is 24.0. The van der Waals surface area contributed by atoms with E-state index in [4.69, 9.17) is 13.9 Å². The molecule has 1 heterocycles. The first-order chi connectivity index (χ1) is 19.5. The Kier molecular flexibility index (Phi) is 13.5. The van der Waals surface area contributed by atoms with Crippen LogP contribution in [0.15, 0.2) is 69.9 Å². The quantitative estimate of drug-likeness (QED) is 0.0649. The molecule has 5 heteroatoms. The van der Waals surface area contributed by atoms with Gasteiger partial charge in [-0.2, -0.15) is 0 Å². The van der Waals surface area contributed by atoms with Gasteiger partial charge in [0.1, 0.15) is 11.3 Å². The lowest BCUT2D eigenvalue weighted by Gasteiger charge is -2.08. The fourth-order valence-electron chi connectivity index (χ4n) is 4.74. The Morgan fingerprint density at radius 2 is 1.45 bits per heavy atom. The number of hydrogen-bond acceptors (Lipinski definition) is 5. The number of rotatable bonds is 19. The summed E-state index contributed by atoms with van der Waals surface area (Å²) in [5.74, 6) is 0.508. The lowest BCUT2D eigenvalue weighted by molar-refractivity contribution is -0.139. The molecule has 0 spiro atoms. The molecule has 0 aliphatic heterocycles. The van der Waals surface area contributed by atoms with E-state index >= 15 is 0 Å². The normalized spacial score (nSPS) is 11.1. The second kappa shape index (κ2) is 17.4. The van der Waals surface area contributed by atoms with Gasteiger partial charge in [0, 0.05) is 11.0 Å². The van der Waals surface area contributed by atoms with Gasteiger partial charge in [-0.1, -0.05) is 95.6 Å². The molecule has 3 rings (SSSR count). The number of hydrogen-bond donors (Lipinski definition) is 0. The lowest BCUT2D eigenvalue weighted by atomic mass is 10.0. The van der Waals surface area contributed by atoms with Gasteiger partial charge in [0.2, 0.25) is 0 Å². The van der Waals surface area contributed by atoms with Gasteiger partial charge in [-0.15, -0.1) is 0 Å². The molecule has 5 nitrogen and oxygen atoms in total. The second-order valence-corrected chi connectivity index (χ2v) is 10.7. The summed E-state index contributed by atoms with van der Waals surface area (Å²) >= 11 is 0. The highest BCUT2D eigenvalue weighted by Gasteiger charge is 2.09. The first-order valence-electron chi connectivity index (χ1n) is 15.1. The molecule has 0 unspecified atom stereocenters. The lowest BCUT2D eigenvalue weighted by Crippen LogP contribution is -2.05. The first-order valence-corrected chi connectivity index (χ1v) is 15.1. The van der Waals surface area contributed by atoms with Crippen molar-refractivity contribution in [3.63, 3.8) is 0 Å². The number of unbranched alkanes of at least 4 members (excludes halogenated alkanes) is 10. The Labute approximate surface area is 239 Å². The minimum Gasteiger partial charge on any atom is -0.494 e. The standard InChI is InChI=1S/C35H46O5/c1-4-5-13-16-28-17-19-29(20-18-28)32-26-30-25-31(21-22-33(30)40-35(32)37)38-23-14-11-9-7-6-8-10-12-15-24-39-34(36)27(2)3/h17-22,25-26H,2,4-16,23-24H2,1,3H3. The van der Waals surface area contributed by atoms with Crippen LogP contribution in [0, 0.1) is 0 Å². The number of carbonyl (C=O) groups excluding carboxylic acids is 1. The Balaban J connectivity index is 1.35. The van der Waals surface area contributed by atoms with E-state index in [0.29, 0.717) is 29.9 Å². The predicted molar refractivity (Wildman–Crippen MR) is 164 cm³/mol.